The van der Waals surface area contributed by atoms with Crippen LogP contribution in [-0.4, -0.2) is 53.0 Å². The Morgan fingerprint density at radius 3 is 2.64 bits per heavy atom. The number of nitrogens with zero attached hydrogens (tertiary/aromatic N) is 3. The van der Waals surface area contributed by atoms with Crippen molar-refractivity contribution in [3.63, 3.8) is 0 Å². The number of carbonyl (C=O) groups excluding carboxylic acids is 1. The van der Waals surface area contributed by atoms with Gasteiger partial charge in [-0.15, -0.1) is 0 Å². The number of hydrogen-bond acceptors (Lipinski definition) is 4. The zero-order valence-electron chi connectivity index (χ0n) is 22.8. The van der Waals surface area contributed by atoms with Crippen molar-refractivity contribution in [1.29, 1.82) is 0 Å². The lowest BCUT2D eigenvalue weighted by Gasteiger charge is -2.49. The molecular formula is C30H37F3N4O2. The molecule has 5 rings (SSSR count). The second kappa shape index (κ2) is 10.8. The van der Waals surface area contributed by atoms with Gasteiger partial charge < -0.3 is 10.1 Å². The van der Waals surface area contributed by atoms with Crippen LogP contribution in [0.1, 0.15) is 64.9 Å². The second-order valence-electron chi connectivity index (χ2n) is 11.4. The van der Waals surface area contributed by atoms with Crippen LogP contribution in [0.25, 0.3) is 0 Å². The number of urea groups is 1. The lowest BCUT2D eigenvalue weighted by molar-refractivity contribution is -0.0584. The molecule has 6 nitrogen and oxygen atoms in total. The summed E-state index contributed by atoms with van der Waals surface area (Å²) in [7, 11) is 0. The average Bonchev–Trinajstić information content (AvgIpc) is 3.12. The van der Waals surface area contributed by atoms with E-state index in [-0.39, 0.29) is 24.4 Å². The molecule has 3 atom stereocenters. The highest BCUT2D eigenvalue weighted by Crippen LogP contribution is 2.42. The maximum absolute atomic E-state index is 14.9. The van der Waals surface area contributed by atoms with Gasteiger partial charge in [-0.3, -0.25) is 9.80 Å². The lowest BCUT2D eigenvalue weighted by Crippen LogP contribution is -2.65. The number of aliphatic imine (C=N–C) groups is 1. The highest BCUT2D eigenvalue weighted by atomic mass is 19.3. The molecule has 0 radical (unpaired) electrons. The Hall–Kier alpha value is -3.07. The lowest BCUT2D eigenvalue weighted by atomic mass is 9.80. The van der Waals surface area contributed by atoms with E-state index in [1.54, 1.807) is 12.1 Å². The predicted molar refractivity (Wildman–Crippen MR) is 146 cm³/mol. The van der Waals surface area contributed by atoms with Crippen LogP contribution in [0.4, 0.5) is 23.7 Å². The minimum absolute atomic E-state index is 0.00533. The van der Waals surface area contributed by atoms with Crippen molar-refractivity contribution in [1.82, 2.24) is 10.2 Å². The Bertz CT molecular complexity index is 1240. The summed E-state index contributed by atoms with van der Waals surface area (Å²) in [4.78, 5) is 21.5. The van der Waals surface area contributed by atoms with Crippen molar-refractivity contribution in [2.24, 2.45) is 4.99 Å². The van der Waals surface area contributed by atoms with Crippen LogP contribution < -0.4 is 15.0 Å². The normalized spacial score (nSPS) is 27.2. The van der Waals surface area contributed by atoms with Crippen molar-refractivity contribution in [2.75, 3.05) is 11.4 Å². The van der Waals surface area contributed by atoms with Crippen LogP contribution in [0.5, 0.6) is 5.75 Å². The average molecular weight is 543 g/mol. The summed E-state index contributed by atoms with van der Waals surface area (Å²) in [6, 6.07) is 12.2. The van der Waals surface area contributed by atoms with Crippen molar-refractivity contribution in [3.8, 4) is 5.75 Å². The molecule has 1 aliphatic carbocycles. The predicted octanol–water partition coefficient (Wildman–Crippen LogP) is 6.54. The van der Waals surface area contributed by atoms with E-state index in [1.165, 1.54) is 17.0 Å². The van der Waals surface area contributed by atoms with Gasteiger partial charge in [0, 0.05) is 31.2 Å². The van der Waals surface area contributed by atoms with Gasteiger partial charge >= 0.3 is 6.03 Å². The third-order valence-corrected chi connectivity index (χ3v) is 8.13. The quantitative estimate of drug-likeness (QED) is 0.450. The zero-order valence-corrected chi connectivity index (χ0v) is 22.8. The monoisotopic (exact) mass is 542 g/mol. The molecule has 2 aromatic carbocycles. The number of amidine groups is 1. The SMILES string of the molecule is CC(C)Oc1cccc(CN2CC[C@@]3(C[C@@H]2C)C(N[C@@H]2CCCCC2(F)F)=NC(=O)N3c2cccc(F)c2)c1. The number of alkyl halides is 2. The van der Waals surface area contributed by atoms with E-state index >= 15 is 0 Å². The van der Waals surface area contributed by atoms with Crippen molar-refractivity contribution < 1.29 is 22.7 Å². The van der Waals surface area contributed by atoms with E-state index in [1.807, 2.05) is 32.0 Å². The molecule has 1 saturated carbocycles. The molecule has 3 aliphatic rings. The van der Waals surface area contributed by atoms with Gasteiger partial charge in [0.05, 0.1) is 12.1 Å². The van der Waals surface area contributed by atoms with E-state index in [0.29, 0.717) is 50.9 Å². The number of benzene rings is 2. The van der Waals surface area contributed by atoms with Gasteiger partial charge in [-0.1, -0.05) is 24.6 Å². The fraction of sp³-hybridized carbons (Fsp3) is 0.533. The molecular weight excluding hydrogens is 505 g/mol. The first-order chi connectivity index (χ1) is 18.6. The summed E-state index contributed by atoms with van der Waals surface area (Å²) >= 11 is 0. The number of carbonyl (C=O) groups is 1. The van der Waals surface area contributed by atoms with E-state index in [4.69, 9.17) is 4.74 Å². The van der Waals surface area contributed by atoms with Crippen LogP contribution in [0.2, 0.25) is 0 Å². The van der Waals surface area contributed by atoms with Gasteiger partial charge in [0.25, 0.3) is 5.92 Å². The minimum Gasteiger partial charge on any atom is -0.491 e. The third-order valence-electron chi connectivity index (χ3n) is 8.13. The standard InChI is InChI=1S/C30H37F3N4O2/c1-20(2)39-25-11-6-8-22(16-25)19-36-15-14-29(18-21(36)3)27(34-26-12-4-5-13-30(26,32)33)35-28(38)37(29)24-10-7-9-23(31)17-24/h6-11,16-17,20-21,26H,4-5,12-15,18-19H2,1-3H3,(H,34,35,38)/t21-,26+,29+/m0/s1. The van der Waals surface area contributed by atoms with Crippen molar-refractivity contribution in [2.45, 2.75) is 95.5 Å². The molecule has 2 amide bonds. The molecule has 2 heterocycles. The number of nitrogens with one attached hydrogen (secondary N) is 1. The first kappa shape index (κ1) is 27.5. The number of hydrogen-bond donors (Lipinski definition) is 1. The fourth-order valence-corrected chi connectivity index (χ4v) is 6.26. The van der Waals surface area contributed by atoms with Gasteiger partial charge in [0.2, 0.25) is 0 Å². The Labute approximate surface area is 228 Å². The third kappa shape index (κ3) is 5.64. The largest absolute Gasteiger partial charge is 0.491 e. The number of rotatable bonds is 6. The number of ether oxygens (including phenoxy) is 1. The molecule has 39 heavy (non-hydrogen) atoms. The summed E-state index contributed by atoms with van der Waals surface area (Å²) in [6.07, 6.45) is 2.33. The maximum Gasteiger partial charge on any atom is 0.350 e. The Kier molecular flexibility index (Phi) is 7.64. The molecule has 2 aromatic rings. The van der Waals surface area contributed by atoms with Gasteiger partial charge in [0.1, 0.15) is 22.9 Å². The zero-order chi connectivity index (χ0) is 27.8. The number of anilines is 1. The first-order valence-corrected chi connectivity index (χ1v) is 13.9. The van der Waals surface area contributed by atoms with Gasteiger partial charge in [0.15, 0.2) is 0 Å². The fourth-order valence-electron chi connectivity index (χ4n) is 6.26. The smallest absolute Gasteiger partial charge is 0.350 e. The number of likely N-dealkylation sites (tertiary alicyclic amines) is 1. The molecule has 210 valence electrons. The summed E-state index contributed by atoms with van der Waals surface area (Å²) in [6.45, 7) is 7.35. The minimum atomic E-state index is -2.88. The number of amides is 2. The summed E-state index contributed by atoms with van der Waals surface area (Å²) in [5.41, 5.74) is 0.529. The van der Waals surface area contributed by atoms with E-state index in [0.717, 1.165) is 11.3 Å². The summed E-state index contributed by atoms with van der Waals surface area (Å²) < 4.78 is 49.8. The van der Waals surface area contributed by atoms with E-state index in [9.17, 15) is 18.0 Å². The molecule has 0 unspecified atom stereocenters. The second-order valence-corrected chi connectivity index (χ2v) is 11.4. The Morgan fingerprint density at radius 1 is 1.13 bits per heavy atom. The number of piperidine rings is 1. The van der Waals surface area contributed by atoms with Gasteiger partial charge in [-0.05, 0) is 82.3 Å². The highest BCUT2D eigenvalue weighted by Gasteiger charge is 2.55. The highest BCUT2D eigenvalue weighted by molar-refractivity contribution is 6.16. The number of halogens is 3. The summed E-state index contributed by atoms with van der Waals surface area (Å²) in [5, 5.41) is 3.03. The molecule has 2 fully saturated rings. The van der Waals surface area contributed by atoms with Crippen LogP contribution in [0, 0.1) is 5.82 Å². The molecule has 9 heteroatoms. The Balaban J connectivity index is 1.42. The maximum atomic E-state index is 14.9. The van der Waals surface area contributed by atoms with Crippen LogP contribution in [-0.2, 0) is 6.54 Å². The molecule has 0 bridgehead atoms. The molecule has 0 aromatic heterocycles. The topological polar surface area (TPSA) is 57.2 Å². The van der Waals surface area contributed by atoms with Crippen LogP contribution in [0.3, 0.4) is 0 Å². The first-order valence-electron chi connectivity index (χ1n) is 13.9. The van der Waals surface area contributed by atoms with E-state index in [2.05, 4.69) is 28.2 Å². The summed E-state index contributed by atoms with van der Waals surface area (Å²) in [5.74, 6) is -2.26. The van der Waals surface area contributed by atoms with Crippen LogP contribution >= 0.6 is 0 Å². The van der Waals surface area contributed by atoms with Crippen LogP contribution in [0.15, 0.2) is 53.5 Å². The van der Waals surface area contributed by atoms with E-state index < -0.39 is 29.4 Å². The Morgan fingerprint density at radius 2 is 1.92 bits per heavy atom. The molecule has 2 aliphatic heterocycles. The molecule has 1 spiro atoms. The van der Waals surface area contributed by atoms with Crippen molar-refractivity contribution >= 4 is 17.6 Å². The van der Waals surface area contributed by atoms with Gasteiger partial charge in [-0.2, -0.15) is 4.99 Å². The molecule has 1 saturated heterocycles. The van der Waals surface area contributed by atoms with Crippen molar-refractivity contribution in [3.05, 3.63) is 59.9 Å². The molecule has 1 N–H and O–H groups in total. The van der Waals surface area contributed by atoms with Gasteiger partial charge in [-0.25, -0.2) is 18.0 Å².